The lowest BCUT2D eigenvalue weighted by Gasteiger charge is -2.30. The second-order valence-electron chi connectivity index (χ2n) is 3.08. The van der Waals surface area contributed by atoms with Crippen molar-refractivity contribution in [2.24, 2.45) is 10.8 Å². The van der Waals surface area contributed by atoms with E-state index in [-0.39, 0.29) is 12.2 Å². The molecule has 5 heteroatoms. The number of hydrazone groups is 1. The van der Waals surface area contributed by atoms with Gasteiger partial charge < -0.3 is 10.5 Å². The number of hydrogen-bond acceptors (Lipinski definition) is 5. The van der Waals surface area contributed by atoms with Crippen LogP contribution in [0.4, 0.5) is 0 Å². The third kappa shape index (κ3) is 1.05. The highest BCUT2D eigenvalue weighted by molar-refractivity contribution is 5.83. The number of rotatable bonds is 0. The highest BCUT2D eigenvalue weighted by atomic mass is 16.5. The molecule has 2 rings (SSSR count). The molecule has 1 saturated heterocycles. The van der Waals surface area contributed by atoms with Crippen LogP contribution >= 0.6 is 0 Å². The van der Waals surface area contributed by atoms with E-state index in [0.29, 0.717) is 5.90 Å². The maximum Gasteiger partial charge on any atom is 0.226 e. The molecule has 5 nitrogen and oxygen atoms in total. The van der Waals surface area contributed by atoms with Gasteiger partial charge in [0, 0.05) is 6.54 Å². The van der Waals surface area contributed by atoms with E-state index in [9.17, 15) is 0 Å². The van der Waals surface area contributed by atoms with Gasteiger partial charge in [-0.25, -0.2) is 0 Å². The topological polar surface area (TPSA) is 62.9 Å². The third-order valence-corrected chi connectivity index (χ3v) is 2.30. The molecule has 0 aromatic heterocycles. The van der Waals surface area contributed by atoms with Crippen molar-refractivity contribution < 1.29 is 4.74 Å². The lowest BCUT2D eigenvalue weighted by molar-refractivity contribution is 0.150. The average Bonchev–Trinajstić information content (AvgIpc) is 2.44. The molecule has 1 fully saturated rings. The van der Waals surface area contributed by atoms with Gasteiger partial charge in [0.05, 0.1) is 7.11 Å². The zero-order valence-corrected chi connectivity index (χ0v) is 7.16. The van der Waals surface area contributed by atoms with Gasteiger partial charge >= 0.3 is 0 Å². The summed E-state index contributed by atoms with van der Waals surface area (Å²) in [4.78, 5) is 0. The van der Waals surface area contributed by atoms with Crippen molar-refractivity contribution in [3.05, 3.63) is 0 Å². The van der Waals surface area contributed by atoms with E-state index in [4.69, 9.17) is 10.5 Å². The third-order valence-electron chi connectivity index (χ3n) is 2.30. The zero-order chi connectivity index (χ0) is 8.55. The minimum absolute atomic E-state index is 0.115. The molecule has 0 amide bonds. The first-order valence-electron chi connectivity index (χ1n) is 4.21. The number of methoxy groups -OCH3 is 1. The molecule has 2 atom stereocenters. The largest absolute Gasteiger partial charge is 0.482 e. The van der Waals surface area contributed by atoms with E-state index >= 15 is 0 Å². The summed E-state index contributed by atoms with van der Waals surface area (Å²) in [5, 5.41) is 9.52. The first kappa shape index (κ1) is 7.82. The quantitative estimate of drug-likeness (QED) is 0.485. The van der Waals surface area contributed by atoms with Crippen molar-refractivity contribution >= 4 is 5.90 Å². The number of nitrogens with two attached hydrogens (primary N) is 1. The van der Waals surface area contributed by atoms with Crippen molar-refractivity contribution in [2.45, 2.75) is 18.6 Å². The average molecular weight is 170 g/mol. The van der Waals surface area contributed by atoms with Crippen molar-refractivity contribution in [1.29, 1.82) is 0 Å². The minimum Gasteiger partial charge on any atom is -0.482 e. The molecule has 0 aliphatic carbocycles. The normalized spacial score (nSPS) is 34.5. The number of nitrogens with one attached hydrogen (secondary N) is 1. The predicted octanol–water partition coefficient (Wildman–Crippen LogP) is -1.09. The van der Waals surface area contributed by atoms with Gasteiger partial charge in [0.2, 0.25) is 5.90 Å². The number of nitrogens with zero attached hydrogens (tertiary/aromatic N) is 2. The number of ether oxygens (including phenoxy) is 1. The van der Waals surface area contributed by atoms with Crippen molar-refractivity contribution in [3.8, 4) is 0 Å². The molecule has 2 unspecified atom stereocenters. The molecule has 0 radical (unpaired) electrons. The number of hydrogen-bond donors (Lipinski definition) is 2. The smallest absolute Gasteiger partial charge is 0.226 e. The van der Waals surface area contributed by atoms with Crippen LogP contribution in [0.25, 0.3) is 0 Å². The van der Waals surface area contributed by atoms with E-state index in [1.807, 2.05) is 5.01 Å². The maximum atomic E-state index is 5.88. The van der Waals surface area contributed by atoms with Crippen LogP contribution in [0.5, 0.6) is 0 Å². The van der Waals surface area contributed by atoms with Crippen LogP contribution in [-0.4, -0.2) is 43.3 Å². The molecule has 2 heterocycles. The summed E-state index contributed by atoms with van der Waals surface area (Å²) >= 11 is 0. The molecular formula is C7H14N4O. The van der Waals surface area contributed by atoms with Crippen LogP contribution in [-0.2, 0) is 4.74 Å². The molecule has 2 aliphatic rings. The fraction of sp³-hybridized carbons (Fsp3) is 0.857. The van der Waals surface area contributed by atoms with E-state index in [2.05, 4.69) is 10.4 Å². The van der Waals surface area contributed by atoms with E-state index in [1.165, 1.54) is 0 Å². The lowest BCUT2D eigenvalue weighted by atomic mass is 10.2. The lowest BCUT2D eigenvalue weighted by Crippen LogP contribution is -2.56. The molecular weight excluding hydrogens is 156 g/mol. The van der Waals surface area contributed by atoms with Crippen molar-refractivity contribution in [1.82, 2.24) is 10.3 Å². The first-order valence-corrected chi connectivity index (χ1v) is 4.21. The Labute approximate surface area is 71.5 Å². The summed E-state index contributed by atoms with van der Waals surface area (Å²) in [7, 11) is 1.61. The van der Waals surface area contributed by atoms with Gasteiger partial charge in [-0.15, -0.1) is 5.10 Å². The Morgan fingerprint density at radius 2 is 2.58 bits per heavy atom. The molecule has 68 valence electrons. The highest BCUT2D eigenvalue weighted by Gasteiger charge is 2.36. The van der Waals surface area contributed by atoms with Crippen LogP contribution < -0.4 is 11.1 Å². The highest BCUT2D eigenvalue weighted by Crippen LogP contribution is 2.15. The van der Waals surface area contributed by atoms with E-state index < -0.39 is 0 Å². The molecule has 3 N–H and O–H groups in total. The second-order valence-corrected chi connectivity index (χ2v) is 3.08. The van der Waals surface area contributed by atoms with Gasteiger partial charge in [-0.3, -0.25) is 10.3 Å². The Morgan fingerprint density at radius 1 is 1.75 bits per heavy atom. The molecule has 0 spiro atoms. The summed E-state index contributed by atoms with van der Waals surface area (Å²) in [5.74, 6) is 0.634. The fourth-order valence-electron chi connectivity index (χ4n) is 1.67. The van der Waals surface area contributed by atoms with Crippen LogP contribution in [0, 0.1) is 0 Å². The molecule has 0 saturated carbocycles. The Kier molecular flexibility index (Phi) is 1.90. The zero-order valence-electron chi connectivity index (χ0n) is 7.16. The van der Waals surface area contributed by atoms with Crippen molar-refractivity contribution in [3.63, 3.8) is 0 Å². The summed E-state index contributed by atoms with van der Waals surface area (Å²) in [6.07, 6.45) is 1.26. The maximum absolute atomic E-state index is 5.88. The molecule has 0 aromatic rings. The van der Waals surface area contributed by atoms with Gasteiger partial charge in [0.25, 0.3) is 0 Å². The molecule has 2 aliphatic heterocycles. The Balaban J connectivity index is 2.11. The van der Waals surface area contributed by atoms with Gasteiger partial charge in [-0.05, 0) is 13.0 Å². The standard InChI is InChI=1S/C7H14N4O/c1-12-7-5(8)6-9-3-2-4-11(6)10-7/h5-6,9H,2-4,8H2,1H3. The SMILES string of the molecule is COC1=NN2CCCNC2C1N. The molecule has 0 bridgehead atoms. The van der Waals surface area contributed by atoms with Crippen LogP contribution in [0.15, 0.2) is 5.10 Å². The van der Waals surface area contributed by atoms with Gasteiger partial charge in [-0.2, -0.15) is 0 Å². The number of fused-ring (bicyclic) bond motifs is 1. The van der Waals surface area contributed by atoms with E-state index in [1.54, 1.807) is 7.11 Å². The Bertz CT molecular complexity index is 206. The summed E-state index contributed by atoms with van der Waals surface area (Å²) in [5.41, 5.74) is 5.88. The minimum atomic E-state index is -0.115. The monoisotopic (exact) mass is 170 g/mol. The summed E-state index contributed by atoms with van der Waals surface area (Å²) in [6, 6.07) is -0.115. The van der Waals surface area contributed by atoms with Crippen LogP contribution in [0.3, 0.4) is 0 Å². The second kappa shape index (κ2) is 2.91. The summed E-state index contributed by atoms with van der Waals surface area (Å²) in [6.45, 7) is 1.99. The summed E-state index contributed by atoms with van der Waals surface area (Å²) < 4.78 is 5.06. The Morgan fingerprint density at radius 3 is 3.25 bits per heavy atom. The van der Waals surface area contributed by atoms with Gasteiger partial charge in [0.15, 0.2) is 0 Å². The van der Waals surface area contributed by atoms with Gasteiger partial charge in [0.1, 0.15) is 12.2 Å². The molecule has 12 heavy (non-hydrogen) atoms. The molecule has 0 aromatic carbocycles. The predicted molar refractivity (Wildman–Crippen MR) is 45.5 cm³/mol. The van der Waals surface area contributed by atoms with Crippen LogP contribution in [0.1, 0.15) is 6.42 Å². The fourth-order valence-corrected chi connectivity index (χ4v) is 1.67. The van der Waals surface area contributed by atoms with Crippen LogP contribution in [0.2, 0.25) is 0 Å². The Hall–Kier alpha value is -0.810. The van der Waals surface area contributed by atoms with Gasteiger partial charge in [-0.1, -0.05) is 0 Å². The first-order chi connectivity index (χ1) is 5.83. The van der Waals surface area contributed by atoms with Crippen molar-refractivity contribution in [2.75, 3.05) is 20.2 Å². The van der Waals surface area contributed by atoms with E-state index in [0.717, 1.165) is 19.5 Å².